The second-order valence-corrected chi connectivity index (χ2v) is 3.54. The van der Waals surface area contributed by atoms with E-state index in [1.165, 1.54) is 0 Å². The molecule has 0 radical (unpaired) electrons. The van der Waals surface area contributed by atoms with E-state index >= 15 is 0 Å². The van der Waals surface area contributed by atoms with Crippen LogP contribution in [0.15, 0.2) is 18.2 Å². The minimum Gasteiger partial charge on any atom is -0.310 e. The van der Waals surface area contributed by atoms with Gasteiger partial charge in [0.05, 0.1) is 19.2 Å². The number of rotatable bonds is 4. The van der Waals surface area contributed by atoms with Crippen LogP contribution in [0.4, 0.5) is 5.82 Å². The monoisotopic (exact) mass is 218 g/mol. The molecule has 0 bridgehead atoms. The number of aromatic nitrogens is 1. The molecule has 5 nitrogen and oxygen atoms in total. The van der Waals surface area contributed by atoms with Crippen LogP contribution < -0.4 is 5.32 Å². The van der Waals surface area contributed by atoms with E-state index < -0.39 is 0 Å². The highest BCUT2D eigenvalue weighted by molar-refractivity contribution is 5.91. The molecule has 0 aromatic carbocycles. The van der Waals surface area contributed by atoms with E-state index in [1.54, 1.807) is 18.0 Å². The second-order valence-electron chi connectivity index (χ2n) is 3.54. The van der Waals surface area contributed by atoms with Crippen molar-refractivity contribution < 1.29 is 4.79 Å². The number of hydrogen-bond donors (Lipinski definition) is 1. The van der Waals surface area contributed by atoms with E-state index in [0.29, 0.717) is 5.82 Å². The van der Waals surface area contributed by atoms with E-state index in [4.69, 9.17) is 5.26 Å². The molecule has 84 valence electrons. The predicted molar refractivity (Wildman–Crippen MR) is 60.7 cm³/mol. The lowest BCUT2D eigenvalue weighted by molar-refractivity contribution is -0.116. The van der Waals surface area contributed by atoms with Gasteiger partial charge in [0.1, 0.15) is 5.82 Å². The molecular weight excluding hydrogens is 204 g/mol. The van der Waals surface area contributed by atoms with Crippen LogP contribution >= 0.6 is 0 Å². The summed E-state index contributed by atoms with van der Waals surface area (Å²) in [5.74, 6) is 0.367. The molecule has 1 aromatic rings. The number of carbonyl (C=O) groups is 1. The summed E-state index contributed by atoms with van der Waals surface area (Å²) in [4.78, 5) is 17.3. The first-order valence-corrected chi connectivity index (χ1v) is 4.91. The second kappa shape index (κ2) is 5.83. The molecule has 1 aromatic heterocycles. The minimum absolute atomic E-state index is 0.171. The Kier molecular flexibility index (Phi) is 4.42. The summed E-state index contributed by atoms with van der Waals surface area (Å²) < 4.78 is 0. The largest absolute Gasteiger partial charge is 0.310 e. The molecule has 0 saturated heterocycles. The average Bonchev–Trinajstić information content (AvgIpc) is 2.17. The third-order valence-corrected chi connectivity index (χ3v) is 1.91. The Hall–Kier alpha value is -1.93. The molecule has 0 aliphatic carbocycles. The van der Waals surface area contributed by atoms with Crippen molar-refractivity contribution in [2.45, 2.75) is 6.92 Å². The Balaban J connectivity index is 2.49. The molecule has 5 heteroatoms. The van der Waals surface area contributed by atoms with E-state index in [2.05, 4.69) is 10.3 Å². The van der Waals surface area contributed by atoms with Crippen molar-refractivity contribution in [3.05, 3.63) is 23.9 Å². The van der Waals surface area contributed by atoms with Crippen LogP contribution in [-0.2, 0) is 4.79 Å². The average molecular weight is 218 g/mol. The number of hydrogen-bond acceptors (Lipinski definition) is 4. The lowest BCUT2D eigenvalue weighted by atomic mass is 10.3. The van der Waals surface area contributed by atoms with Gasteiger partial charge in [0.25, 0.3) is 0 Å². The maximum Gasteiger partial charge on any atom is 0.239 e. The molecule has 0 aliphatic heterocycles. The maximum absolute atomic E-state index is 11.5. The van der Waals surface area contributed by atoms with Crippen molar-refractivity contribution in [1.82, 2.24) is 9.88 Å². The van der Waals surface area contributed by atoms with Crippen molar-refractivity contribution in [2.75, 3.05) is 25.5 Å². The Bertz CT molecular complexity index is 411. The molecule has 0 spiro atoms. The molecule has 0 unspecified atom stereocenters. The van der Waals surface area contributed by atoms with E-state index in [0.717, 1.165) is 5.69 Å². The number of anilines is 1. The van der Waals surface area contributed by atoms with Crippen LogP contribution in [0.25, 0.3) is 0 Å². The molecule has 1 heterocycles. The molecule has 0 atom stereocenters. The van der Waals surface area contributed by atoms with Gasteiger partial charge in [-0.3, -0.25) is 9.69 Å². The molecule has 1 N–H and O–H groups in total. The van der Waals surface area contributed by atoms with Gasteiger partial charge in [-0.25, -0.2) is 4.98 Å². The van der Waals surface area contributed by atoms with Crippen molar-refractivity contribution in [1.29, 1.82) is 5.26 Å². The van der Waals surface area contributed by atoms with Gasteiger partial charge in [-0.15, -0.1) is 0 Å². The fourth-order valence-electron chi connectivity index (χ4n) is 1.22. The highest BCUT2D eigenvalue weighted by Gasteiger charge is 2.06. The zero-order valence-corrected chi connectivity index (χ0v) is 9.40. The Morgan fingerprint density at radius 3 is 3.00 bits per heavy atom. The van der Waals surface area contributed by atoms with Crippen LogP contribution in [0.5, 0.6) is 0 Å². The van der Waals surface area contributed by atoms with Crippen LogP contribution in [0.2, 0.25) is 0 Å². The summed E-state index contributed by atoms with van der Waals surface area (Å²) in [6.07, 6.45) is 0. The summed E-state index contributed by atoms with van der Waals surface area (Å²) in [5, 5.41) is 11.1. The van der Waals surface area contributed by atoms with E-state index in [9.17, 15) is 4.79 Å². The summed E-state index contributed by atoms with van der Waals surface area (Å²) in [6, 6.07) is 7.40. The molecule has 0 fully saturated rings. The Morgan fingerprint density at radius 1 is 1.62 bits per heavy atom. The maximum atomic E-state index is 11.5. The standard InChI is InChI=1S/C11H14N4O/c1-9-4-3-5-10(13-9)14-11(16)8-15(2)7-6-12/h3-5H,7-8H2,1-2H3,(H,13,14,16). The predicted octanol–water partition coefficient (Wildman–Crippen LogP) is 0.784. The number of nitrogens with one attached hydrogen (secondary N) is 1. The van der Waals surface area contributed by atoms with Gasteiger partial charge >= 0.3 is 0 Å². The first-order valence-electron chi connectivity index (χ1n) is 4.91. The van der Waals surface area contributed by atoms with Crippen molar-refractivity contribution in [3.63, 3.8) is 0 Å². The third-order valence-electron chi connectivity index (χ3n) is 1.91. The van der Waals surface area contributed by atoms with Crippen LogP contribution in [0, 0.1) is 18.3 Å². The fraction of sp³-hybridized carbons (Fsp3) is 0.364. The summed E-state index contributed by atoms with van der Waals surface area (Å²) in [6.45, 7) is 2.27. The highest BCUT2D eigenvalue weighted by atomic mass is 16.2. The van der Waals surface area contributed by atoms with Crippen LogP contribution in [-0.4, -0.2) is 35.9 Å². The number of nitriles is 1. The SMILES string of the molecule is Cc1cccc(NC(=O)CN(C)CC#N)n1. The normalized spacial score (nSPS) is 9.88. The van der Waals surface area contributed by atoms with Gasteiger partial charge in [0.15, 0.2) is 0 Å². The minimum atomic E-state index is -0.171. The lowest BCUT2D eigenvalue weighted by Crippen LogP contribution is -2.30. The highest BCUT2D eigenvalue weighted by Crippen LogP contribution is 2.03. The lowest BCUT2D eigenvalue weighted by Gasteiger charge is -2.11. The molecular formula is C11H14N4O. The van der Waals surface area contributed by atoms with Gasteiger partial charge in [0.2, 0.25) is 5.91 Å². The smallest absolute Gasteiger partial charge is 0.239 e. The van der Waals surface area contributed by atoms with Crippen LogP contribution in [0.3, 0.4) is 0 Å². The van der Waals surface area contributed by atoms with Gasteiger partial charge < -0.3 is 5.32 Å². The van der Waals surface area contributed by atoms with Gasteiger partial charge in [0, 0.05) is 5.69 Å². The first-order chi connectivity index (χ1) is 7.61. The van der Waals surface area contributed by atoms with Gasteiger partial charge in [-0.05, 0) is 26.1 Å². The van der Waals surface area contributed by atoms with Crippen molar-refractivity contribution >= 4 is 11.7 Å². The first kappa shape index (κ1) is 12.1. The van der Waals surface area contributed by atoms with Crippen molar-refractivity contribution in [3.8, 4) is 6.07 Å². The quantitative estimate of drug-likeness (QED) is 0.758. The molecule has 16 heavy (non-hydrogen) atoms. The molecule has 1 rings (SSSR count). The number of pyridine rings is 1. The number of likely N-dealkylation sites (N-methyl/N-ethyl adjacent to an activating group) is 1. The molecule has 1 amide bonds. The zero-order valence-electron chi connectivity index (χ0n) is 9.40. The number of nitrogens with zero attached hydrogens (tertiary/aromatic N) is 3. The van der Waals surface area contributed by atoms with Crippen LogP contribution in [0.1, 0.15) is 5.69 Å². The van der Waals surface area contributed by atoms with Gasteiger partial charge in [-0.2, -0.15) is 5.26 Å². The molecule has 0 saturated carbocycles. The van der Waals surface area contributed by atoms with E-state index in [1.807, 2.05) is 25.1 Å². The number of amides is 1. The number of carbonyl (C=O) groups excluding carboxylic acids is 1. The zero-order chi connectivity index (χ0) is 12.0. The Labute approximate surface area is 94.7 Å². The summed E-state index contributed by atoms with van der Waals surface area (Å²) in [7, 11) is 1.71. The number of aryl methyl sites for hydroxylation is 1. The Morgan fingerprint density at radius 2 is 2.38 bits per heavy atom. The molecule has 0 aliphatic rings. The summed E-state index contributed by atoms with van der Waals surface area (Å²) >= 11 is 0. The topological polar surface area (TPSA) is 69.0 Å². The van der Waals surface area contributed by atoms with Gasteiger partial charge in [-0.1, -0.05) is 6.07 Å². The van der Waals surface area contributed by atoms with Crippen molar-refractivity contribution in [2.24, 2.45) is 0 Å². The summed E-state index contributed by atoms with van der Waals surface area (Å²) in [5.41, 5.74) is 0.850. The third kappa shape index (κ3) is 4.07. The fourth-order valence-corrected chi connectivity index (χ4v) is 1.22. The van der Waals surface area contributed by atoms with E-state index in [-0.39, 0.29) is 19.0 Å².